The van der Waals surface area contributed by atoms with Crippen molar-refractivity contribution in [1.82, 2.24) is 4.90 Å². The number of benzene rings is 1. The molecular formula is C15H21FN2O2. The highest BCUT2D eigenvalue weighted by molar-refractivity contribution is 5.88. The van der Waals surface area contributed by atoms with Gasteiger partial charge >= 0.3 is 5.97 Å². The van der Waals surface area contributed by atoms with E-state index in [0.29, 0.717) is 6.04 Å². The maximum absolute atomic E-state index is 13.7. The van der Waals surface area contributed by atoms with E-state index in [1.807, 2.05) is 7.05 Å². The zero-order valence-corrected chi connectivity index (χ0v) is 12.0. The van der Waals surface area contributed by atoms with Gasteiger partial charge in [0, 0.05) is 31.9 Å². The molecule has 0 aliphatic carbocycles. The number of anilines is 1. The molecule has 1 aromatic carbocycles. The van der Waals surface area contributed by atoms with Crippen molar-refractivity contribution in [2.75, 3.05) is 31.6 Å². The van der Waals surface area contributed by atoms with Crippen LogP contribution in [0.15, 0.2) is 18.2 Å². The van der Waals surface area contributed by atoms with E-state index in [1.54, 1.807) is 6.07 Å². The van der Waals surface area contributed by atoms with Gasteiger partial charge in [0.05, 0.1) is 5.56 Å². The highest BCUT2D eigenvalue weighted by Gasteiger charge is 2.22. The summed E-state index contributed by atoms with van der Waals surface area (Å²) >= 11 is 0. The Hall–Kier alpha value is -1.62. The number of nitrogens with zero attached hydrogens (tertiary/aromatic N) is 2. The molecular weight excluding hydrogens is 259 g/mol. The monoisotopic (exact) mass is 280 g/mol. The van der Waals surface area contributed by atoms with Gasteiger partial charge in [-0.2, -0.15) is 0 Å². The standard InChI is InChI=1S/C15H21FN2O2/c1-3-18-8-6-11(7-9-18)17(2)12-4-5-13(15(19)20)14(16)10-12/h4-5,10-11H,3,6-9H2,1-2H3,(H,19,20). The molecule has 1 aromatic rings. The molecule has 0 radical (unpaired) electrons. The van der Waals surface area contributed by atoms with E-state index >= 15 is 0 Å². The number of piperidine rings is 1. The smallest absolute Gasteiger partial charge is 0.338 e. The molecule has 1 fully saturated rings. The average Bonchev–Trinajstić information content (AvgIpc) is 2.46. The molecule has 1 aliphatic heterocycles. The van der Waals surface area contributed by atoms with Crippen LogP contribution in [-0.2, 0) is 0 Å². The quantitative estimate of drug-likeness (QED) is 0.920. The third kappa shape index (κ3) is 3.10. The molecule has 5 heteroatoms. The summed E-state index contributed by atoms with van der Waals surface area (Å²) in [7, 11) is 1.95. The van der Waals surface area contributed by atoms with Crippen LogP contribution in [0.2, 0.25) is 0 Å². The SMILES string of the molecule is CCN1CCC(N(C)c2ccc(C(=O)O)c(F)c2)CC1. The molecule has 0 aromatic heterocycles. The molecule has 0 saturated carbocycles. The Labute approximate surface area is 118 Å². The first-order valence-electron chi connectivity index (χ1n) is 7.01. The van der Waals surface area contributed by atoms with Gasteiger partial charge in [0.15, 0.2) is 0 Å². The predicted molar refractivity (Wildman–Crippen MR) is 76.9 cm³/mol. The Morgan fingerprint density at radius 1 is 1.45 bits per heavy atom. The molecule has 0 spiro atoms. The average molecular weight is 280 g/mol. The Bertz CT molecular complexity index is 485. The highest BCUT2D eigenvalue weighted by atomic mass is 19.1. The second kappa shape index (κ2) is 6.22. The minimum Gasteiger partial charge on any atom is -0.478 e. The number of likely N-dealkylation sites (tertiary alicyclic amines) is 1. The van der Waals surface area contributed by atoms with Crippen molar-refractivity contribution >= 4 is 11.7 Å². The first-order valence-corrected chi connectivity index (χ1v) is 7.01. The number of aromatic carboxylic acids is 1. The lowest BCUT2D eigenvalue weighted by atomic mass is 10.0. The van der Waals surface area contributed by atoms with Crippen molar-refractivity contribution < 1.29 is 14.3 Å². The second-order valence-corrected chi connectivity index (χ2v) is 5.25. The van der Waals surface area contributed by atoms with E-state index in [2.05, 4.69) is 16.7 Å². The first kappa shape index (κ1) is 14.8. The van der Waals surface area contributed by atoms with E-state index in [1.165, 1.54) is 12.1 Å². The number of carboxylic acid groups (broad SMARTS) is 1. The lowest BCUT2D eigenvalue weighted by Crippen LogP contribution is -2.43. The summed E-state index contributed by atoms with van der Waals surface area (Å²) < 4.78 is 13.7. The third-order valence-corrected chi connectivity index (χ3v) is 4.14. The fraction of sp³-hybridized carbons (Fsp3) is 0.533. The Kier molecular flexibility index (Phi) is 4.60. The fourth-order valence-electron chi connectivity index (χ4n) is 2.73. The van der Waals surface area contributed by atoms with Gasteiger partial charge in [0.25, 0.3) is 0 Å². The van der Waals surface area contributed by atoms with Gasteiger partial charge in [0.1, 0.15) is 5.82 Å². The van der Waals surface area contributed by atoms with E-state index in [4.69, 9.17) is 5.11 Å². The number of hydrogen-bond donors (Lipinski definition) is 1. The van der Waals surface area contributed by atoms with Crippen LogP contribution >= 0.6 is 0 Å². The molecule has 0 bridgehead atoms. The van der Waals surface area contributed by atoms with Crippen LogP contribution in [0.1, 0.15) is 30.1 Å². The van der Waals surface area contributed by atoms with Crippen LogP contribution in [0.25, 0.3) is 0 Å². The van der Waals surface area contributed by atoms with Crippen molar-refractivity contribution in [2.45, 2.75) is 25.8 Å². The van der Waals surface area contributed by atoms with Gasteiger partial charge in [-0.15, -0.1) is 0 Å². The molecule has 1 N–H and O–H groups in total. The molecule has 1 heterocycles. The molecule has 2 rings (SSSR count). The van der Waals surface area contributed by atoms with Crippen molar-refractivity contribution in [3.63, 3.8) is 0 Å². The van der Waals surface area contributed by atoms with Crippen LogP contribution in [0.3, 0.4) is 0 Å². The number of rotatable bonds is 4. The number of halogens is 1. The summed E-state index contributed by atoms with van der Waals surface area (Å²) in [6, 6.07) is 4.71. The van der Waals surface area contributed by atoms with Gasteiger partial charge in [-0.05, 0) is 37.6 Å². The van der Waals surface area contributed by atoms with Gasteiger partial charge < -0.3 is 14.9 Å². The van der Waals surface area contributed by atoms with E-state index in [-0.39, 0.29) is 5.56 Å². The van der Waals surface area contributed by atoms with Crippen molar-refractivity contribution in [3.8, 4) is 0 Å². The van der Waals surface area contributed by atoms with Crippen LogP contribution in [0.5, 0.6) is 0 Å². The predicted octanol–water partition coefficient (Wildman–Crippen LogP) is 2.44. The highest BCUT2D eigenvalue weighted by Crippen LogP contribution is 2.24. The zero-order chi connectivity index (χ0) is 14.7. The largest absolute Gasteiger partial charge is 0.478 e. The van der Waals surface area contributed by atoms with E-state index in [0.717, 1.165) is 38.2 Å². The topological polar surface area (TPSA) is 43.8 Å². The number of hydrogen-bond acceptors (Lipinski definition) is 3. The molecule has 1 aliphatic rings. The van der Waals surface area contributed by atoms with Crippen molar-refractivity contribution in [3.05, 3.63) is 29.6 Å². The normalized spacial score (nSPS) is 17.1. The summed E-state index contributed by atoms with van der Waals surface area (Å²) in [6.45, 7) is 5.34. The summed E-state index contributed by atoms with van der Waals surface area (Å²) in [4.78, 5) is 15.3. The van der Waals surface area contributed by atoms with Crippen LogP contribution in [0.4, 0.5) is 10.1 Å². The van der Waals surface area contributed by atoms with Gasteiger partial charge in [-0.1, -0.05) is 6.92 Å². The first-order chi connectivity index (χ1) is 9.52. The summed E-state index contributed by atoms with van der Waals surface area (Å²) in [5.41, 5.74) is 0.463. The fourth-order valence-corrected chi connectivity index (χ4v) is 2.73. The number of carbonyl (C=O) groups is 1. The molecule has 0 unspecified atom stereocenters. The van der Waals surface area contributed by atoms with Crippen LogP contribution < -0.4 is 4.90 Å². The van der Waals surface area contributed by atoms with Crippen molar-refractivity contribution in [2.24, 2.45) is 0 Å². The maximum atomic E-state index is 13.7. The maximum Gasteiger partial charge on any atom is 0.338 e. The minimum absolute atomic E-state index is 0.275. The van der Waals surface area contributed by atoms with E-state index in [9.17, 15) is 9.18 Å². The van der Waals surface area contributed by atoms with Gasteiger partial charge in [0.2, 0.25) is 0 Å². The summed E-state index contributed by atoms with van der Waals surface area (Å²) in [6.07, 6.45) is 2.10. The molecule has 1 saturated heterocycles. The Morgan fingerprint density at radius 2 is 2.10 bits per heavy atom. The Balaban J connectivity index is 2.08. The zero-order valence-electron chi connectivity index (χ0n) is 12.0. The lowest BCUT2D eigenvalue weighted by Gasteiger charge is -2.37. The second-order valence-electron chi connectivity index (χ2n) is 5.25. The third-order valence-electron chi connectivity index (χ3n) is 4.14. The van der Waals surface area contributed by atoms with E-state index < -0.39 is 11.8 Å². The lowest BCUT2D eigenvalue weighted by molar-refractivity contribution is 0.0692. The molecule has 4 nitrogen and oxygen atoms in total. The summed E-state index contributed by atoms with van der Waals surface area (Å²) in [5.74, 6) is -1.90. The van der Waals surface area contributed by atoms with Crippen LogP contribution in [-0.4, -0.2) is 48.7 Å². The molecule has 0 atom stereocenters. The van der Waals surface area contributed by atoms with Crippen LogP contribution in [0, 0.1) is 5.82 Å². The molecule has 20 heavy (non-hydrogen) atoms. The molecule has 110 valence electrons. The Morgan fingerprint density at radius 3 is 2.60 bits per heavy atom. The summed E-state index contributed by atoms with van der Waals surface area (Å²) in [5, 5.41) is 8.84. The van der Waals surface area contributed by atoms with Gasteiger partial charge in [-0.25, -0.2) is 9.18 Å². The minimum atomic E-state index is -1.23. The van der Waals surface area contributed by atoms with Crippen molar-refractivity contribution in [1.29, 1.82) is 0 Å². The molecule has 0 amide bonds. The number of carboxylic acids is 1. The van der Waals surface area contributed by atoms with Gasteiger partial charge in [-0.3, -0.25) is 0 Å².